The lowest BCUT2D eigenvalue weighted by Crippen LogP contribution is -2.10. The number of hydrogen-bond donors (Lipinski definition) is 0. The van der Waals surface area contributed by atoms with Gasteiger partial charge in [0.25, 0.3) is 0 Å². The van der Waals surface area contributed by atoms with Crippen LogP contribution in [0.3, 0.4) is 0 Å². The summed E-state index contributed by atoms with van der Waals surface area (Å²) in [7, 11) is 0. The standard InChI is InChI=1S/C74H49NO/c1-3-18-54(19-4-1)64-32-17-34-67(72(64)57-22-5-2-6-23-57)65-29-12-11-28-63(65)56-42-46-59(47-43-56)75(58-44-40-51(41-45-58)50-36-38-55(39-37-50)61-31-15-24-52-20-7-9-26-60(52)61)70-49-48-68(66-33-16-25-53-21-8-10-27-62(53)66)74-73(70)69-30-13-14-35-71(69)76-74/h1-49H. The van der Waals surface area contributed by atoms with Gasteiger partial charge in [-0.2, -0.15) is 0 Å². The summed E-state index contributed by atoms with van der Waals surface area (Å²) in [5.41, 5.74) is 21.3. The maximum atomic E-state index is 6.98. The molecule has 0 amide bonds. The largest absolute Gasteiger partial charge is 0.455 e. The zero-order valence-electron chi connectivity index (χ0n) is 41.6. The Morgan fingerprint density at radius 3 is 1.36 bits per heavy atom. The van der Waals surface area contributed by atoms with Gasteiger partial charge in [-0.05, 0) is 136 Å². The molecule has 2 nitrogen and oxygen atoms in total. The monoisotopic (exact) mass is 967 g/mol. The molecule has 0 saturated carbocycles. The molecule has 0 spiro atoms. The highest BCUT2D eigenvalue weighted by Gasteiger charge is 2.24. The van der Waals surface area contributed by atoms with Crippen molar-refractivity contribution in [2.75, 3.05) is 4.90 Å². The fourth-order valence-corrected chi connectivity index (χ4v) is 11.5. The second-order valence-electron chi connectivity index (χ2n) is 19.5. The third-order valence-corrected chi connectivity index (χ3v) is 15.1. The normalized spacial score (nSPS) is 11.4. The molecule has 2 heteroatoms. The molecule has 14 rings (SSSR count). The van der Waals surface area contributed by atoms with E-state index < -0.39 is 0 Å². The lowest BCUT2D eigenvalue weighted by molar-refractivity contribution is 0.670. The number of anilines is 3. The average Bonchev–Trinajstić information content (AvgIpc) is 3.95. The van der Waals surface area contributed by atoms with Gasteiger partial charge >= 0.3 is 0 Å². The molecule has 0 bridgehead atoms. The summed E-state index contributed by atoms with van der Waals surface area (Å²) in [6, 6.07) is 107. The number of para-hydroxylation sites is 1. The Kier molecular flexibility index (Phi) is 11.2. The molecule has 0 aliphatic carbocycles. The fraction of sp³-hybridized carbons (Fsp3) is 0. The Morgan fingerprint density at radius 1 is 0.237 bits per heavy atom. The van der Waals surface area contributed by atoms with Crippen LogP contribution in [0.2, 0.25) is 0 Å². The van der Waals surface area contributed by atoms with Crippen molar-refractivity contribution in [3.05, 3.63) is 297 Å². The Bertz CT molecular complexity index is 4410. The van der Waals surface area contributed by atoms with Crippen LogP contribution >= 0.6 is 0 Å². The molecular weight excluding hydrogens is 919 g/mol. The fourth-order valence-electron chi connectivity index (χ4n) is 11.5. The van der Waals surface area contributed by atoms with E-state index in [4.69, 9.17) is 4.42 Å². The van der Waals surface area contributed by atoms with Gasteiger partial charge in [-0.15, -0.1) is 0 Å². The molecule has 0 unspecified atom stereocenters. The number of fused-ring (bicyclic) bond motifs is 5. The van der Waals surface area contributed by atoms with Crippen LogP contribution in [-0.2, 0) is 0 Å². The SMILES string of the molecule is c1ccc(-c2cccc(-c3ccccc3-c3ccc(N(c4ccc(-c5ccc(-c6cccc7ccccc67)cc5)cc4)c4ccc(-c5cccc6ccccc56)c5oc6ccccc6c45)cc3)c2-c2ccccc2)cc1. The molecule has 13 aromatic carbocycles. The summed E-state index contributed by atoms with van der Waals surface area (Å²) >= 11 is 0. The Hall–Kier alpha value is -10.0. The third kappa shape index (κ3) is 7.92. The van der Waals surface area contributed by atoms with E-state index >= 15 is 0 Å². The van der Waals surface area contributed by atoms with Crippen molar-refractivity contribution in [3.63, 3.8) is 0 Å². The molecule has 14 aromatic rings. The minimum Gasteiger partial charge on any atom is -0.455 e. The van der Waals surface area contributed by atoms with Crippen molar-refractivity contribution in [2.24, 2.45) is 0 Å². The van der Waals surface area contributed by atoms with E-state index in [1.165, 1.54) is 71.6 Å². The quantitative estimate of drug-likeness (QED) is 0.136. The summed E-state index contributed by atoms with van der Waals surface area (Å²) in [5, 5.41) is 7.02. The van der Waals surface area contributed by atoms with Gasteiger partial charge in [-0.1, -0.05) is 255 Å². The molecule has 76 heavy (non-hydrogen) atoms. The Morgan fingerprint density at radius 2 is 0.671 bits per heavy atom. The second-order valence-corrected chi connectivity index (χ2v) is 19.5. The molecule has 0 aliphatic heterocycles. The minimum atomic E-state index is 0.854. The molecule has 0 aliphatic rings. The smallest absolute Gasteiger partial charge is 0.145 e. The van der Waals surface area contributed by atoms with Gasteiger partial charge < -0.3 is 9.32 Å². The van der Waals surface area contributed by atoms with Crippen molar-refractivity contribution in [1.82, 2.24) is 0 Å². The summed E-state index contributed by atoms with van der Waals surface area (Å²) < 4.78 is 6.98. The molecule has 1 heterocycles. The number of furan rings is 1. The predicted molar refractivity (Wildman–Crippen MR) is 321 cm³/mol. The van der Waals surface area contributed by atoms with Crippen molar-refractivity contribution in [3.8, 4) is 77.9 Å². The van der Waals surface area contributed by atoms with Gasteiger partial charge in [-0.25, -0.2) is 0 Å². The van der Waals surface area contributed by atoms with E-state index in [9.17, 15) is 0 Å². The van der Waals surface area contributed by atoms with Gasteiger partial charge in [0.15, 0.2) is 0 Å². The van der Waals surface area contributed by atoms with Gasteiger partial charge in [-0.3, -0.25) is 0 Å². The zero-order chi connectivity index (χ0) is 50.4. The molecular formula is C74H49NO. The lowest BCUT2D eigenvalue weighted by Gasteiger charge is -2.27. The van der Waals surface area contributed by atoms with Crippen LogP contribution < -0.4 is 4.90 Å². The highest BCUT2D eigenvalue weighted by atomic mass is 16.3. The predicted octanol–water partition coefficient (Wildman–Crippen LogP) is 21.0. The van der Waals surface area contributed by atoms with Crippen LogP contribution in [0.1, 0.15) is 0 Å². The molecule has 1 aromatic heterocycles. The van der Waals surface area contributed by atoms with Crippen molar-refractivity contribution < 1.29 is 4.42 Å². The summed E-state index contributed by atoms with van der Waals surface area (Å²) in [6.45, 7) is 0. The summed E-state index contributed by atoms with van der Waals surface area (Å²) in [6.07, 6.45) is 0. The van der Waals surface area contributed by atoms with Crippen molar-refractivity contribution >= 4 is 60.5 Å². The molecule has 0 fully saturated rings. The van der Waals surface area contributed by atoms with E-state index in [-0.39, 0.29) is 0 Å². The lowest BCUT2D eigenvalue weighted by atomic mass is 9.85. The summed E-state index contributed by atoms with van der Waals surface area (Å²) in [4.78, 5) is 2.40. The first-order valence-corrected chi connectivity index (χ1v) is 26.1. The third-order valence-electron chi connectivity index (χ3n) is 15.1. The van der Waals surface area contributed by atoms with Gasteiger partial charge in [0.1, 0.15) is 11.2 Å². The first-order chi connectivity index (χ1) is 37.7. The van der Waals surface area contributed by atoms with Gasteiger partial charge in [0.2, 0.25) is 0 Å². The van der Waals surface area contributed by atoms with E-state index in [2.05, 4.69) is 302 Å². The van der Waals surface area contributed by atoms with Gasteiger partial charge in [0, 0.05) is 22.3 Å². The van der Waals surface area contributed by atoms with Crippen LogP contribution in [0, 0.1) is 0 Å². The molecule has 0 saturated heterocycles. The van der Waals surface area contributed by atoms with Crippen LogP contribution in [0.5, 0.6) is 0 Å². The van der Waals surface area contributed by atoms with Crippen LogP contribution in [0.4, 0.5) is 17.1 Å². The molecule has 0 radical (unpaired) electrons. The topological polar surface area (TPSA) is 16.4 Å². The first-order valence-electron chi connectivity index (χ1n) is 26.1. The van der Waals surface area contributed by atoms with E-state index in [0.29, 0.717) is 0 Å². The van der Waals surface area contributed by atoms with E-state index in [1.54, 1.807) is 0 Å². The minimum absolute atomic E-state index is 0.854. The van der Waals surface area contributed by atoms with Crippen LogP contribution in [-0.4, -0.2) is 0 Å². The Balaban J connectivity index is 0.908. The number of nitrogens with zero attached hydrogens (tertiary/aromatic N) is 1. The number of benzene rings is 13. The molecule has 0 atom stereocenters. The van der Waals surface area contributed by atoms with Gasteiger partial charge in [0.05, 0.1) is 11.1 Å². The van der Waals surface area contributed by atoms with Crippen LogP contribution in [0.25, 0.3) is 121 Å². The maximum absolute atomic E-state index is 6.98. The summed E-state index contributed by atoms with van der Waals surface area (Å²) in [5.74, 6) is 0. The number of hydrogen-bond acceptors (Lipinski definition) is 2. The van der Waals surface area contributed by atoms with Crippen molar-refractivity contribution in [1.29, 1.82) is 0 Å². The molecule has 0 N–H and O–H groups in total. The second kappa shape index (κ2) is 19.1. The van der Waals surface area contributed by atoms with E-state index in [0.717, 1.165) is 66.8 Å². The zero-order valence-corrected chi connectivity index (χ0v) is 41.6. The highest BCUT2D eigenvalue weighted by molar-refractivity contribution is 6.18. The average molecular weight is 968 g/mol. The van der Waals surface area contributed by atoms with E-state index in [1.807, 2.05) is 0 Å². The van der Waals surface area contributed by atoms with Crippen LogP contribution in [0.15, 0.2) is 302 Å². The Labute approximate surface area is 442 Å². The maximum Gasteiger partial charge on any atom is 0.145 e. The first kappa shape index (κ1) is 44.7. The number of rotatable bonds is 10. The molecule has 356 valence electrons. The van der Waals surface area contributed by atoms with Crippen molar-refractivity contribution in [2.45, 2.75) is 0 Å². The highest BCUT2D eigenvalue weighted by Crippen LogP contribution is 2.49.